The Morgan fingerprint density at radius 1 is 1.03 bits per heavy atom. The van der Waals surface area contributed by atoms with Crippen molar-refractivity contribution in [3.05, 3.63) is 95.6 Å². The molecule has 4 aromatic rings. The molecular formula is C28H28N2O6S. The molecule has 0 N–H and O–H groups in total. The zero-order chi connectivity index (χ0) is 26.6. The van der Waals surface area contributed by atoms with Gasteiger partial charge in [0, 0.05) is 18.5 Å². The third-order valence-electron chi connectivity index (χ3n) is 5.97. The van der Waals surface area contributed by atoms with Crippen LogP contribution in [0.15, 0.2) is 78.0 Å². The van der Waals surface area contributed by atoms with Crippen molar-refractivity contribution in [2.75, 3.05) is 13.7 Å². The zero-order valence-corrected chi connectivity index (χ0v) is 21.7. The molecule has 0 aliphatic heterocycles. The van der Waals surface area contributed by atoms with Crippen LogP contribution in [0.2, 0.25) is 0 Å². The smallest absolute Gasteiger partial charge is 0.268 e. The maximum absolute atomic E-state index is 14.0. The van der Waals surface area contributed by atoms with Crippen molar-refractivity contribution in [1.82, 2.24) is 8.54 Å². The first-order valence-electron chi connectivity index (χ1n) is 11.8. The Balaban J connectivity index is 1.88. The number of ether oxygens (including phenoxy) is 2. The topological polar surface area (TPSA) is 96.6 Å². The highest BCUT2D eigenvalue weighted by Gasteiger charge is 2.30. The fourth-order valence-electron chi connectivity index (χ4n) is 3.96. The molecule has 0 aliphatic rings. The first kappa shape index (κ1) is 26.0. The van der Waals surface area contributed by atoms with Crippen LogP contribution in [0.5, 0.6) is 11.5 Å². The quantitative estimate of drug-likeness (QED) is 0.156. The van der Waals surface area contributed by atoms with E-state index in [0.29, 0.717) is 18.6 Å². The van der Waals surface area contributed by atoms with Gasteiger partial charge in [-0.15, -0.1) is 0 Å². The lowest BCUT2D eigenvalue weighted by Gasteiger charge is -2.15. The van der Waals surface area contributed by atoms with Crippen LogP contribution in [0, 0.1) is 6.92 Å². The molecule has 0 atom stereocenters. The molecule has 2 aromatic heterocycles. The van der Waals surface area contributed by atoms with Crippen LogP contribution in [0.3, 0.4) is 0 Å². The molecule has 0 saturated heterocycles. The number of benzene rings is 2. The lowest BCUT2D eigenvalue weighted by molar-refractivity contribution is 0.102. The van der Waals surface area contributed by atoms with Gasteiger partial charge in [0.2, 0.25) is 5.78 Å². The summed E-state index contributed by atoms with van der Waals surface area (Å²) in [5, 5.41) is 0. The molecule has 0 aliphatic carbocycles. The van der Waals surface area contributed by atoms with Gasteiger partial charge in [0.05, 0.1) is 35.6 Å². The van der Waals surface area contributed by atoms with Crippen molar-refractivity contribution in [2.24, 2.45) is 0 Å². The van der Waals surface area contributed by atoms with Gasteiger partial charge in [0.1, 0.15) is 17.2 Å². The van der Waals surface area contributed by atoms with Crippen LogP contribution < -0.4 is 9.47 Å². The summed E-state index contributed by atoms with van der Waals surface area (Å²) in [6, 6.07) is 15.9. The summed E-state index contributed by atoms with van der Waals surface area (Å²) in [4.78, 5) is 25.7. The van der Waals surface area contributed by atoms with Crippen molar-refractivity contribution in [3.63, 3.8) is 0 Å². The third-order valence-corrected chi connectivity index (χ3v) is 7.66. The number of rotatable bonds is 11. The SMILES string of the molecule is CCCCOc1ccc(C(=O)c2c(-n3cccc3C=O)ccn2S(=O)(=O)c2ccc(C)cc2)c(OC)c1. The fourth-order valence-corrected chi connectivity index (χ4v) is 5.30. The highest BCUT2D eigenvalue weighted by molar-refractivity contribution is 7.90. The van der Waals surface area contributed by atoms with Gasteiger partial charge in [-0.2, -0.15) is 0 Å². The number of ketones is 1. The van der Waals surface area contributed by atoms with Crippen molar-refractivity contribution in [3.8, 4) is 17.2 Å². The number of methoxy groups -OCH3 is 1. The lowest BCUT2D eigenvalue weighted by atomic mass is 10.1. The summed E-state index contributed by atoms with van der Waals surface area (Å²) in [6.07, 6.45) is 5.42. The third kappa shape index (κ3) is 5.08. The summed E-state index contributed by atoms with van der Waals surface area (Å²) in [6.45, 7) is 4.44. The summed E-state index contributed by atoms with van der Waals surface area (Å²) in [5.41, 5.74) is 1.45. The molecule has 192 valence electrons. The molecule has 0 saturated carbocycles. The van der Waals surface area contributed by atoms with Crippen molar-refractivity contribution in [1.29, 1.82) is 0 Å². The average Bonchev–Trinajstić information content (AvgIpc) is 3.56. The normalized spacial score (nSPS) is 11.3. The van der Waals surface area contributed by atoms with E-state index in [1.165, 1.54) is 36.1 Å². The van der Waals surface area contributed by atoms with Crippen LogP contribution >= 0.6 is 0 Å². The van der Waals surface area contributed by atoms with Crippen LogP contribution in [0.25, 0.3) is 5.69 Å². The minimum Gasteiger partial charge on any atom is -0.496 e. The first-order valence-corrected chi connectivity index (χ1v) is 13.3. The number of aromatic nitrogens is 2. The minimum atomic E-state index is -4.14. The van der Waals surface area contributed by atoms with Crippen LogP contribution in [-0.2, 0) is 10.0 Å². The average molecular weight is 521 g/mol. The monoisotopic (exact) mass is 520 g/mol. The van der Waals surface area contributed by atoms with Gasteiger partial charge >= 0.3 is 0 Å². The Kier molecular flexibility index (Phi) is 7.63. The molecule has 0 unspecified atom stereocenters. The van der Waals surface area contributed by atoms with Gasteiger partial charge in [-0.1, -0.05) is 31.0 Å². The van der Waals surface area contributed by atoms with Crippen LogP contribution in [0.1, 0.15) is 51.9 Å². The van der Waals surface area contributed by atoms with Gasteiger partial charge in [-0.25, -0.2) is 12.4 Å². The molecule has 2 aromatic carbocycles. The number of unbranched alkanes of at least 4 members (excludes halogenated alkanes) is 1. The molecule has 0 amide bonds. The Morgan fingerprint density at radius 3 is 2.46 bits per heavy atom. The first-order chi connectivity index (χ1) is 17.8. The van der Waals surface area contributed by atoms with E-state index >= 15 is 0 Å². The van der Waals surface area contributed by atoms with E-state index in [4.69, 9.17) is 9.47 Å². The molecule has 9 heteroatoms. The van der Waals surface area contributed by atoms with E-state index in [1.54, 1.807) is 48.7 Å². The standard InChI is InChI=1S/C28H28N2O6S/c1-4-5-17-36-22-10-13-24(26(18-22)35-3)28(32)27-25(29-15-6-7-21(29)19-31)14-16-30(27)37(33,34)23-11-8-20(2)9-12-23/h6-16,18-19H,4-5,17H2,1-3H3. The number of carbonyl (C=O) groups excluding carboxylic acids is 2. The van der Waals surface area contributed by atoms with E-state index in [-0.39, 0.29) is 33.3 Å². The molecule has 0 radical (unpaired) electrons. The van der Waals surface area contributed by atoms with E-state index in [0.717, 1.165) is 22.4 Å². The summed E-state index contributed by atoms with van der Waals surface area (Å²) in [7, 11) is -2.71. The number of nitrogens with zero attached hydrogens (tertiary/aromatic N) is 2. The highest BCUT2D eigenvalue weighted by atomic mass is 32.2. The highest BCUT2D eigenvalue weighted by Crippen LogP contribution is 2.31. The second-order valence-electron chi connectivity index (χ2n) is 8.48. The minimum absolute atomic E-state index is 0.0315. The van der Waals surface area contributed by atoms with Gasteiger partial charge in [-0.05, 0) is 55.8 Å². The van der Waals surface area contributed by atoms with E-state index in [9.17, 15) is 18.0 Å². The maximum atomic E-state index is 14.0. The Labute approximate surface area is 216 Å². The fraction of sp³-hybridized carbons (Fsp3) is 0.214. The second-order valence-corrected chi connectivity index (χ2v) is 10.3. The van der Waals surface area contributed by atoms with Crippen molar-refractivity contribution >= 4 is 22.1 Å². The van der Waals surface area contributed by atoms with Gasteiger partial charge in [0.25, 0.3) is 10.0 Å². The van der Waals surface area contributed by atoms with Gasteiger partial charge in [0.15, 0.2) is 6.29 Å². The molecule has 0 fully saturated rings. The molecule has 2 heterocycles. The molecule has 8 nitrogen and oxygen atoms in total. The largest absolute Gasteiger partial charge is 0.496 e. The predicted octanol–water partition coefficient (Wildman–Crippen LogP) is 5.06. The van der Waals surface area contributed by atoms with Gasteiger partial charge < -0.3 is 14.0 Å². The van der Waals surface area contributed by atoms with Gasteiger partial charge in [-0.3, -0.25) is 9.59 Å². The zero-order valence-electron chi connectivity index (χ0n) is 20.9. The lowest BCUT2D eigenvalue weighted by Crippen LogP contribution is -2.20. The number of carbonyl (C=O) groups is 2. The number of hydrogen-bond donors (Lipinski definition) is 0. The Hall–Kier alpha value is -4.11. The predicted molar refractivity (Wildman–Crippen MR) is 140 cm³/mol. The summed E-state index contributed by atoms with van der Waals surface area (Å²) < 4.78 is 41.0. The number of aldehydes is 1. The Bertz CT molecular complexity index is 1530. The molecule has 0 bridgehead atoms. The number of hydrogen-bond acceptors (Lipinski definition) is 6. The number of aryl methyl sites for hydroxylation is 1. The second kappa shape index (κ2) is 10.9. The van der Waals surface area contributed by atoms with E-state index in [2.05, 4.69) is 6.92 Å². The van der Waals surface area contributed by atoms with Crippen LogP contribution in [0.4, 0.5) is 0 Å². The molecule has 0 spiro atoms. The van der Waals surface area contributed by atoms with Crippen molar-refractivity contribution < 1.29 is 27.5 Å². The van der Waals surface area contributed by atoms with Crippen molar-refractivity contribution in [2.45, 2.75) is 31.6 Å². The molecular weight excluding hydrogens is 492 g/mol. The molecule has 4 rings (SSSR count). The summed E-state index contributed by atoms with van der Waals surface area (Å²) >= 11 is 0. The van der Waals surface area contributed by atoms with Crippen LogP contribution in [-0.4, -0.2) is 42.7 Å². The van der Waals surface area contributed by atoms with E-state index in [1.807, 2.05) is 6.92 Å². The summed E-state index contributed by atoms with van der Waals surface area (Å²) in [5.74, 6) is 0.199. The maximum Gasteiger partial charge on any atom is 0.268 e. The Morgan fingerprint density at radius 2 is 1.78 bits per heavy atom. The van der Waals surface area contributed by atoms with E-state index < -0.39 is 15.8 Å². The molecule has 37 heavy (non-hydrogen) atoms.